The summed E-state index contributed by atoms with van der Waals surface area (Å²) in [4.78, 5) is 13.5. The Morgan fingerprint density at radius 1 is 1.29 bits per heavy atom. The van der Waals surface area contributed by atoms with Gasteiger partial charge in [-0.15, -0.1) is 11.8 Å². The van der Waals surface area contributed by atoms with E-state index in [2.05, 4.69) is 26.9 Å². The van der Waals surface area contributed by atoms with E-state index in [1.807, 2.05) is 6.20 Å². The number of aliphatic imine (C=N–C) groups is 1. The van der Waals surface area contributed by atoms with Crippen molar-refractivity contribution < 1.29 is 0 Å². The van der Waals surface area contributed by atoms with Crippen molar-refractivity contribution in [1.82, 2.24) is 14.5 Å². The van der Waals surface area contributed by atoms with E-state index in [1.165, 1.54) is 37.8 Å². The summed E-state index contributed by atoms with van der Waals surface area (Å²) >= 11 is 7.75. The van der Waals surface area contributed by atoms with Crippen LogP contribution in [0.3, 0.4) is 0 Å². The Bertz CT molecular complexity index is 731. The summed E-state index contributed by atoms with van der Waals surface area (Å²) in [7, 11) is 0. The molecule has 2 aliphatic rings. The fourth-order valence-electron chi connectivity index (χ4n) is 3.74. The second-order valence-corrected chi connectivity index (χ2v) is 7.03. The summed E-state index contributed by atoms with van der Waals surface area (Å²) in [5.74, 6) is 0. The van der Waals surface area contributed by atoms with E-state index in [9.17, 15) is 0 Å². The lowest BCUT2D eigenvalue weighted by Crippen LogP contribution is -2.43. The predicted molar refractivity (Wildman–Crippen MR) is 88.5 cm³/mol. The second kappa shape index (κ2) is 4.99. The number of nitrogens with zero attached hydrogens (tertiary/aromatic N) is 4. The number of thioether (sulfide) groups is 1. The maximum absolute atomic E-state index is 6.04. The maximum Gasteiger partial charge on any atom is 0.224 e. The van der Waals surface area contributed by atoms with Crippen molar-refractivity contribution >= 4 is 39.4 Å². The third-order valence-corrected chi connectivity index (χ3v) is 5.61. The van der Waals surface area contributed by atoms with Gasteiger partial charge < -0.3 is 4.57 Å². The Morgan fingerprint density at radius 2 is 2.10 bits per heavy atom. The van der Waals surface area contributed by atoms with Gasteiger partial charge >= 0.3 is 0 Å². The third kappa shape index (κ3) is 2.01. The summed E-state index contributed by atoms with van der Waals surface area (Å²) in [6.07, 6.45) is 10.1. The van der Waals surface area contributed by atoms with Crippen LogP contribution < -0.4 is 0 Å². The van der Waals surface area contributed by atoms with Crippen LogP contribution in [0.5, 0.6) is 0 Å². The monoisotopic (exact) mass is 320 g/mol. The molecule has 0 unspecified atom stereocenters. The molecule has 1 saturated carbocycles. The molecule has 21 heavy (non-hydrogen) atoms. The van der Waals surface area contributed by atoms with Crippen molar-refractivity contribution in [3.63, 3.8) is 0 Å². The number of halogens is 1. The van der Waals surface area contributed by atoms with Gasteiger partial charge in [0.1, 0.15) is 10.7 Å². The van der Waals surface area contributed by atoms with Gasteiger partial charge in [-0.3, -0.25) is 4.99 Å². The first kappa shape index (κ1) is 13.6. The molecule has 0 N–H and O–H groups in total. The molecular formula is C15H17ClN4S. The molecule has 4 rings (SSSR count). The zero-order chi connectivity index (χ0) is 14.4. The zero-order valence-electron chi connectivity index (χ0n) is 12.0. The van der Waals surface area contributed by atoms with Gasteiger partial charge in [0.05, 0.1) is 17.8 Å². The molecule has 2 aromatic rings. The van der Waals surface area contributed by atoms with Gasteiger partial charge in [0.15, 0.2) is 0 Å². The molecule has 1 aliphatic carbocycles. The SMILES string of the molecule is CSC1=NCC2(CCCCC2)n2c1cc1cnc(Cl)nc12. The molecule has 2 aromatic heterocycles. The fourth-order valence-corrected chi connectivity index (χ4v) is 4.42. The Kier molecular flexibility index (Phi) is 3.23. The maximum atomic E-state index is 6.04. The molecule has 0 radical (unpaired) electrons. The van der Waals surface area contributed by atoms with E-state index in [1.54, 1.807) is 11.8 Å². The predicted octanol–water partition coefficient (Wildman–Crippen LogP) is 3.87. The largest absolute Gasteiger partial charge is 0.315 e. The van der Waals surface area contributed by atoms with E-state index in [-0.39, 0.29) is 5.54 Å². The molecule has 6 heteroatoms. The highest BCUT2D eigenvalue weighted by atomic mass is 35.5. The van der Waals surface area contributed by atoms with Crippen LogP contribution in [0.2, 0.25) is 5.28 Å². The first-order valence-corrected chi connectivity index (χ1v) is 8.97. The van der Waals surface area contributed by atoms with E-state index >= 15 is 0 Å². The van der Waals surface area contributed by atoms with E-state index in [0.717, 1.165) is 22.6 Å². The zero-order valence-corrected chi connectivity index (χ0v) is 13.5. The number of hydrogen-bond donors (Lipinski definition) is 0. The molecule has 3 heterocycles. The molecule has 0 saturated heterocycles. The van der Waals surface area contributed by atoms with Crippen LogP contribution in [0, 0.1) is 0 Å². The molecule has 1 spiro atoms. The Hall–Kier alpha value is -1.07. The normalized spacial score (nSPS) is 20.6. The van der Waals surface area contributed by atoms with Crippen molar-refractivity contribution in [3.05, 3.63) is 23.2 Å². The smallest absolute Gasteiger partial charge is 0.224 e. The molecule has 0 atom stereocenters. The van der Waals surface area contributed by atoms with Crippen LogP contribution in [0.15, 0.2) is 17.3 Å². The first-order chi connectivity index (χ1) is 10.2. The summed E-state index contributed by atoms with van der Waals surface area (Å²) in [5, 5.41) is 2.48. The van der Waals surface area contributed by atoms with Crippen molar-refractivity contribution in [3.8, 4) is 0 Å². The third-order valence-electron chi connectivity index (χ3n) is 4.70. The van der Waals surface area contributed by atoms with Gasteiger partial charge in [0, 0.05) is 11.6 Å². The molecule has 0 amide bonds. The molecular weight excluding hydrogens is 304 g/mol. The van der Waals surface area contributed by atoms with Gasteiger partial charge in [-0.25, -0.2) is 4.98 Å². The lowest BCUT2D eigenvalue weighted by molar-refractivity contribution is 0.204. The lowest BCUT2D eigenvalue weighted by Gasteiger charge is -2.41. The lowest BCUT2D eigenvalue weighted by atomic mass is 9.80. The van der Waals surface area contributed by atoms with Gasteiger partial charge in [0.25, 0.3) is 0 Å². The van der Waals surface area contributed by atoms with Gasteiger partial charge in [-0.05, 0) is 36.8 Å². The van der Waals surface area contributed by atoms with E-state index < -0.39 is 0 Å². The minimum atomic E-state index is 0.0895. The topological polar surface area (TPSA) is 43.1 Å². The quantitative estimate of drug-likeness (QED) is 0.692. The minimum Gasteiger partial charge on any atom is -0.315 e. The van der Waals surface area contributed by atoms with Crippen LogP contribution in [0.1, 0.15) is 37.8 Å². The highest BCUT2D eigenvalue weighted by Crippen LogP contribution is 2.42. The van der Waals surface area contributed by atoms with Crippen molar-refractivity contribution in [2.24, 2.45) is 4.99 Å². The average Bonchev–Trinajstić information content (AvgIpc) is 2.88. The standard InChI is InChI=1S/C15H17ClN4S/c1-21-13-11-7-10-8-17-14(16)19-12(10)20(11)15(9-18-13)5-3-2-4-6-15/h7-8H,2-6,9H2,1H3. The molecule has 1 fully saturated rings. The average molecular weight is 321 g/mol. The number of fused-ring (bicyclic) bond motifs is 4. The Morgan fingerprint density at radius 3 is 2.86 bits per heavy atom. The summed E-state index contributed by atoms with van der Waals surface area (Å²) in [6, 6.07) is 2.16. The van der Waals surface area contributed by atoms with Crippen LogP contribution >= 0.6 is 23.4 Å². The van der Waals surface area contributed by atoms with Crippen LogP contribution in [0.4, 0.5) is 0 Å². The van der Waals surface area contributed by atoms with E-state index in [0.29, 0.717) is 5.28 Å². The van der Waals surface area contributed by atoms with Crippen LogP contribution in [-0.4, -0.2) is 32.4 Å². The summed E-state index contributed by atoms with van der Waals surface area (Å²) in [6.45, 7) is 0.863. The summed E-state index contributed by atoms with van der Waals surface area (Å²) in [5.41, 5.74) is 2.24. The molecule has 0 aromatic carbocycles. The highest BCUT2D eigenvalue weighted by Gasteiger charge is 2.40. The number of aromatic nitrogens is 3. The highest BCUT2D eigenvalue weighted by molar-refractivity contribution is 8.13. The number of hydrogen-bond acceptors (Lipinski definition) is 4. The van der Waals surface area contributed by atoms with Gasteiger partial charge in [0.2, 0.25) is 5.28 Å². The van der Waals surface area contributed by atoms with Crippen LogP contribution in [-0.2, 0) is 5.54 Å². The van der Waals surface area contributed by atoms with Crippen LogP contribution in [0.25, 0.3) is 11.0 Å². The molecule has 4 nitrogen and oxygen atoms in total. The van der Waals surface area contributed by atoms with Crippen molar-refractivity contribution in [1.29, 1.82) is 0 Å². The van der Waals surface area contributed by atoms with Gasteiger partial charge in [-0.2, -0.15) is 4.98 Å². The molecule has 1 aliphatic heterocycles. The Labute approximate surface area is 133 Å². The summed E-state index contributed by atoms with van der Waals surface area (Å²) < 4.78 is 2.41. The van der Waals surface area contributed by atoms with Gasteiger partial charge in [-0.1, -0.05) is 19.3 Å². The second-order valence-electron chi connectivity index (χ2n) is 5.89. The minimum absolute atomic E-state index is 0.0895. The Balaban J connectivity index is 2.00. The fraction of sp³-hybridized carbons (Fsp3) is 0.533. The van der Waals surface area contributed by atoms with Crippen molar-refractivity contribution in [2.75, 3.05) is 12.8 Å². The van der Waals surface area contributed by atoms with E-state index in [4.69, 9.17) is 16.6 Å². The molecule has 0 bridgehead atoms. The first-order valence-electron chi connectivity index (χ1n) is 7.37. The van der Waals surface area contributed by atoms with Crippen molar-refractivity contribution in [2.45, 2.75) is 37.6 Å². The molecule has 110 valence electrons. The number of rotatable bonds is 0.